The van der Waals surface area contributed by atoms with E-state index in [9.17, 15) is 0 Å². The molecule has 1 aromatic carbocycles. The van der Waals surface area contributed by atoms with Crippen LogP contribution in [0, 0.1) is 6.92 Å². The van der Waals surface area contributed by atoms with Crippen LogP contribution in [0.3, 0.4) is 0 Å². The van der Waals surface area contributed by atoms with Crippen LogP contribution in [0.15, 0.2) is 30.3 Å². The number of pyridine rings is 1. The van der Waals surface area contributed by atoms with Crippen LogP contribution in [0.4, 0.5) is 0 Å². The fourth-order valence-corrected chi connectivity index (χ4v) is 2.21. The second-order valence-corrected chi connectivity index (χ2v) is 5.35. The van der Waals surface area contributed by atoms with Crippen molar-refractivity contribution in [2.75, 3.05) is 0 Å². The van der Waals surface area contributed by atoms with Crippen LogP contribution >= 0.6 is 0 Å². The number of rotatable bonds is 3. The molecule has 1 heterocycles. The molecule has 0 bridgehead atoms. The molecule has 1 saturated carbocycles. The molecule has 1 aromatic heterocycles. The highest BCUT2D eigenvalue weighted by Crippen LogP contribution is 2.34. The number of aromatic nitrogens is 1. The van der Waals surface area contributed by atoms with Crippen molar-refractivity contribution in [3.05, 3.63) is 41.6 Å². The molecule has 1 aliphatic rings. The predicted octanol–water partition coefficient (Wildman–Crippen LogP) is 3.19. The van der Waals surface area contributed by atoms with Gasteiger partial charge in [-0.25, -0.2) is 0 Å². The number of fused-ring (bicyclic) bond motifs is 1. The first-order chi connectivity index (χ1) is 8.16. The molecule has 0 aliphatic heterocycles. The summed E-state index contributed by atoms with van der Waals surface area (Å²) in [5.74, 6) is 0. The van der Waals surface area contributed by atoms with Gasteiger partial charge in [-0.1, -0.05) is 18.2 Å². The van der Waals surface area contributed by atoms with Crippen molar-refractivity contribution < 1.29 is 0 Å². The fraction of sp³-hybridized carbons (Fsp3) is 0.400. The Balaban J connectivity index is 1.96. The van der Waals surface area contributed by atoms with E-state index >= 15 is 0 Å². The van der Waals surface area contributed by atoms with E-state index in [1.54, 1.807) is 0 Å². The largest absolute Gasteiger partial charge is 0.307 e. The minimum absolute atomic E-state index is 0.387. The zero-order valence-electron chi connectivity index (χ0n) is 10.5. The van der Waals surface area contributed by atoms with Gasteiger partial charge in [0.15, 0.2) is 0 Å². The second kappa shape index (κ2) is 3.81. The van der Waals surface area contributed by atoms with Crippen LogP contribution in [0.1, 0.15) is 31.0 Å². The molecule has 0 atom stereocenters. The van der Waals surface area contributed by atoms with Crippen LogP contribution < -0.4 is 5.32 Å². The zero-order chi connectivity index (χ0) is 11.9. The fourth-order valence-electron chi connectivity index (χ4n) is 2.21. The highest BCUT2D eigenvalue weighted by molar-refractivity contribution is 5.82. The standard InChI is InChI=1S/C15H18N2/c1-11-9-12(10-16-15(2)7-8-15)13-5-3-4-6-14(13)17-11/h3-6,9,16H,7-8,10H2,1-2H3. The van der Waals surface area contributed by atoms with E-state index in [-0.39, 0.29) is 0 Å². The topological polar surface area (TPSA) is 24.9 Å². The molecule has 0 unspecified atom stereocenters. The van der Waals surface area contributed by atoms with Crippen molar-refractivity contribution in [1.29, 1.82) is 0 Å². The van der Waals surface area contributed by atoms with E-state index in [0.717, 1.165) is 17.8 Å². The molecule has 88 valence electrons. The van der Waals surface area contributed by atoms with Gasteiger partial charge in [0.2, 0.25) is 0 Å². The van der Waals surface area contributed by atoms with Gasteiger partial charge in [-0.15, -0.1) is 0 Å². The van der Waals surface area contributed by atoms with Gasteiger partial charge in [0.1, 0.15) is 0 Å². The SMILES string of the molecule is Cc1cc(CNC2(C)CC2)c2ccccc2n1. The minimum Gasteiger partial charge on any atom is -0.307 e. The van der Waals surface area contributed by atoms with E-state index in [2.05, 4.69) is 48.4 Å². The molecular formula is C15H18N2. The van der Waals surface area contributed by atoms with Gasteiger partial charge in [0.25, 0.3) is 0 Å². The van der Waals surface area contributed by atoms with Gasteiger partial charge in [0.05, 0.1) is 5.52 Å². The maximum Gasteiger partial charge on any atom is 0.0708 e. The van der Waals surface area contributed by atoms with Crippen LogP contribution in [-0.4, -0.2) is 10.5 Å². The maximum absolute atomic E-state index is 4.57. The lowest BCUT2D eigenvalue weighted by molar-refractivity contribution is 0.539. The molecule has 1 aliphatic carbocycles. The Kier molecular flexibility index (Phi) is 2.40. The van der Waals surface area contributed by atoms with Crippen molar-refractivity contribution in [3.63, 3.8) is 0 Å². The number of aryl methyl sites for hydroxylation is 1. The molecule has 2 aromatic rings. The first-order valence-corrected chi connectivity index (χ1v) is 6.27. The summed E-state index contributed by atoms with van der Waals surface area (Å²) in [7, 11) is 0. The molecule has 17 heavy (non-hydrogen) atoms. The zero-order valence-corrected chi connectivity index (χ0v) is 10.5. The van der Waals surface area contributed by atoms with E-state index in [1.807, 2.05) is 6.07 Å². The van der Waals surface area contributed by atoms with Gasteiger partial charge in [-0.2, -0.15) is 0 Å². The van der Waals surface area contributed by atoms with Crippen LogP contribution in [-0.2, 0) is 6.54 Å². The van der Waals surface area contributed by atoms with Gasteiger partial charge in [0, 0.05) is 23.2 Å². The van der Waals surface area contributed by atoms with Crippen LogP contribution in [0.5, 0.6) is 0 Å². The summed E-state index contributed by atoms with van der Waals surface area (Å²) in [6.45, 7) is 5.30. The summed E-state index contributed by atoms with van der Waals surface area (Å²) in [5.41, 5.74) is 3.95. The predicted molar refractivity (Wildman–Crippen MR) is 71.0 cm³/mol. The number of para-hydroxylation sites is 1. The smallest absolute Gasteiger partial charge is 0.0708 e. The lowest BCUT2D eigenvalue weighted by atomic mass is 10.1. The Labute approximate surface area is 102 Å². The van der Waals surface area contributed by atoms with E-state index < -0.39 is 0 Å². The molecule has 0 radical (unpaired) electrons. The summed E-state index contributed by atoms with van der Waals surface area (Å²) in [6.07, 6.45) is 2.60. The summed E-state index contributed by atoms with van der Waals surface area (Å²) < 4.78 is 0. The highest BCUT2D eigenvalue weighted by Gasteiger charge is 2.36. The average Bonchev–Trinajstić information content (AvgIpc) is 3.05. The highest BCUT2D eigenvalue weighted by atomic mass is 15.0. The van der Waals surface area contributed by atoms with Gasteiger partial charge in [-0.3, -0.25) is 4.98 Å². The lowest BCUT2D eigenvalue weighted by Crippen LogP contribution is -2.27. The number of nitrogens with zero attached hydrogens (tertiary/aromatic N) is 1. The maximum atomic E-state index is 4.57. The molecule has 1 N–H and O–H groups in total. The second-order valence-electron chi connectivity index (χ2n) is 5.35. The van der Waals surface area contributed by atoms with Crippen LogP contribution in [0.25, 0.3) is 10.9 Å². The normalized spacial score (nSPS) is 17.3. The van der Waals surface area contributed by atoms with Gasteiger partial charge >= 0.3 is 0 Å². The van der Waals surface area contributed by atoms with E-state index in [1.165, 1.54) is 23.8 Å². The van der Waals surface area contributed by atoms with Crippen molar-refractivity contribution in [1.82, 2.24) is 10.3 Å². The van der Waals surface area contributed by atoms with Crippen LogP contribution in [0.2, 0.25) is 0 Å². The average molecular weight is 226 g/mol. The Morgan fingerprint density at radius 3 is 2.82 bits per heavy atom. The Morgan fingerprint density at radius 1 is 1.29 bits per heavy atom. The number of benzene rings is 1. The third-order valence-electron chi connectivity index (χ3n) is 3.64. The summed E-state index contributed by atoms with van der Waals surface area (Å²) >= 11 is 0. The van der Waals surface area contributed by atoms with E-state index in [4.69, 9.17) is 0 Å². The minimum atomic E-state index is 0.387. The first-order valence-electron chi connectivity index (χ1n) is 6.27. The molecule has 0 saturated heterocycles. The number of nitrogens with one attached hydrogen (secondary N) is 1. The molecule has 2 heteroatoms. The third kappa shape index (κ3) is 2.18. The van der Waals surface area contributed by atoms with Crippen molar-refractivity contribution >= 4 is 10.9 Å². The molecular weight excluding hydrogens is 208 g/mol. The number of hydrogen-bond donors (Lipinski definition) is 1. The third-order valence-corrected chi connectivity index (χ3v) is 3.64. The molecule has 0 amide bonds. The summed E-state index contributed by atoms with van der Waals surface area (Å²) in [6, 6.07) is 10.6. The monoisotopic (exact) mass is 226 g/mol. The Bertz CT molecular complexity index is 556. The lowest BCUT2D eigenvalue weighted by Gasteiger charge is -2.13. The van der Waals surface area contributed by atoms with Gasteiger partial charge < -0.3 is 5.32 Å². The van der Waals surface area contributed by atoms with Gasteiger partial charge in [-0.05, 0) is 44.4 Å². The first kappa shape index (κ1) is 10.7. The molecule has 2 nitrogen and oxygen atoms in total. The summed E-state index contributed by atoms with van der Waals surface area (Å²) in [5, 5.41) is 4.91. The molecule has 1 fully saturated rings. The number of hydrogen-bond acceptors (Lipinski definition) is 2. The van der Waals surface area contributed by atoms with Crippen molar-refractivity contribution in [2.45, 2.75) is 38.8 Å². The van der Waals surface area contributed by atoms with E-state index in [0.29, 0.717) is 5.54 Å². The Hall–Kier alpha value is -1.41. The summed E-state index contributed by atoms with van der Waals surface area (Å²) in [4.78, 5) is 4.57. The Morgan fingerprint density at radius 2 is 2.06 bits per heavy atom. The quantitative estimate of drug-likeness (QED) is 0.869. The molecule has 0 spiro atoms. The molecule has 3 rings (SSSR count). The van der Waals surface area contributed by atoms with Crippen molar-refractivity contribution in [3.8, 4) is 0 Å². The van der Waals surface area contributed by atoms with Crippen molar-refractivity contribution in [2.24, 2.45) is 0 Å².